The molecule has 0 aliphatic carbocycles. The lowest BCUT2D eigenvalue weighted by atomic mass is 10.1. The van der Waals surface area contributed by atoms with Crippen LogP contribution in [-0.2, 0) is 6.54 Å². The molecule has 0 bridgehead atoms. The van der Waals surface area contributed by atoms with Crippen LogP contribution in [0.4, 0.5) is 0 Å². The molecule has 3 nitrogen and oxygen atoms in total. The minimum absolute atomic E-state index is 0.634. The average molecular weight is 252 g/mol. The predicted molar refractivity (Wildman–Crippen MR) is 79.1 cm³/mol. The predicted octanol–water partition coefficient (Wildman–Crippen LogP) is 4.01. The van der Waals surface area contributed by atoms with E-state index in [1.54, 1.807) is 6.92 Å². The van der Waals surface area contributed by atoms with Crippen molar-refractivity contribution in [1.82, 2.24) is 4.57 Å². The van der Waals surface area contributed by atoms with Crippen molar-refractivity contribution in [2.45, 2.75) is 20.4 Å². The molecule has 19 heavy (non-hydrogen) atoms. The fraction of sp³-hybridized carbons (Fsp3) is 0.188. The molecule has 0 radical (unpaired) electrons. The van der Waals surface area contributed by atoms with Crippen LogP contribution < -0.4 is 0 Å². The van der Waals surface area contributed by atoms with Crippen molar-refractivity contribution in [2.24, 2.45) is 5.16 Å². The summed E-state index contributed by atoms with van der Waals surface area (Å²) in [6.45, 7) is 4.90. The molecule has 3 rings (SSSR count). The second-order valence-corrected chi connectivity index (χ2v) is 4.68. The van der Waals surface area contributed by atoms with E-state index in [-0.39, 0.29) is 0 Å². The third-order valence-electron chi connectivity index (χ3n) is 3.66. The lowest BCUT2D eigenvalue weighted by Crippen LogP contribution is -1.95. The minimum Gasteiger partial charge on any atom is -0.411 e. The summed E-state index contributed by atoms with van der Waals surface area (Å²) in [4.78, 5) is 0. The number of oxime groups is 1. The first-order valence-electron chi connectivity index (χ1n) is 6.46. The molecule has 0 spiro atoms. The summed E-state index contributed by atoms with van der Waals surface area (Å²) >= 11 is 0. The monoisotopic (exact) mass is 252 g/mol. The van der Waals surface area contributed by atoms with E-state index in [9.17, 15) is 0 Å². The third-order valence-corrected chi connectivity index (χ3v) is 3.66. The number of aryl methyl sites for hydroxylation is 1. The van der Waals surface area contributed by atoms with Gasteiger partial charge < -0.3 is 9.77 Å². The summed E-state index contributed by atoms with van der Waals surface area (Å²) in [5.41, 5.74) is 4.05. The Kier molecular flexibility index (Phi) is 2.75. The van der Waals surface area contributed by atoms with Gasteiger partial charge in [-0.3, -0.25) is 0 Å². The van der Waals surface area contributed by atoms with Crippen molar-refractivity contribution in [3.05, 3.63) is 48.0 Å². The molecule has 3 aromatic rings. The van der Waals surface area contributed by atoms with Gasteiger partial charge in [-0.05, 0) is 37.6 Å². The SMILES string of the molecule is CCn1c2ccccc2c2cc(/C(C)=N\O)ccc21. The number of benzene rings is 2. The number of para-hydroxylation sites is 1. The van der Waals surface area contributed by atoms with E-state index in [1.165, 1.54) is 21.8 Å². The Bertz CT molecular complexity index is 784. The largest absolute Gasteiger partial charge is 0.411 e. The molecule has 0 atom stereocenters. The molecule has 2 aromatic carbocycles. The van der Waals surface area contributed by atoms with Gasteiger partial charge in [-0.1, -0.05) is 29.4 Å². The van der Waals surface area contributed by atoms with Crippen molar-refractivity contribution in [2.75, 3.05) is 0 Å². The molecule has 0 aliphatic rings. The smallest absolute Gasteiger partial charge is 0.0837 e. The summed E-state index contributed by atoms with van der Waals surface area (Å²) in [6.07, 6.45) is 0. The lowest BCUT2D eigenvalue weighted by molar-refractivity contribution is 0.319. The van der Waals surface area contributed by atoms with Crippen LogP contribution in [0, 0.1) is 0 Å². The molecule has 3 heteroatoms. The second-order valence-electron chi connectivity index (χ2n) is 4.68. The number of hydrogen-bond acceptors (Lipinski definition) is 2. The standard InChI is InChI=1S/C16H16N2O/c1-3-18-15-7-5-4-6-13(15)14-10-12(11(2)17-19)8-9-16(14)18/h4-10,19H,3H2,1-2H3/b17-11-. The maximum Gasteiger partial charge on any atom is 0.0837 e. The minimum atomic E-state index is 0.634. The molecule has 96 valence electrons. The maximum absolute atomic E-state index is 8.91. The summed E-state index contributed by atoms with van der Waals surface area (Å²) < 4.78 is 2.31. The van der Waals surface area contributed by atoms with Crippen LogP contribution in [0.3, 0.4) is 0 Å². The number of rotatable bonds is 2. The Morgan fingerprint density at radius 1 is 1.11 bits per heavy atom. The Balaban J connectivity index is 2.43. The van der Waals surface area contributed by atoms with E-state index in [0.29, 0.717) is 5.71 Å². The Morgan fingerprint density at radius 3 is 2.58 bits per heavy atom. The second kappa shape index (κ2) is 4.43. The van der Waals surface area contributed by atoms with Crippen LogP contribution in [0.15, 0.2) is 47.6 Å². The Hall–Kier alpha value is -2.29. The van der Waals surface area contributed by atoms with Gasteiger partial charge in [-0.2, -0.15) is 0 Å². The zero-order valence-corrected chi connectivity index (χ0v) is 11.1. The van der Waals surface area contributed by atoms with Crippen molar-refractivity contribution >= 4 is 27.5 Å². The Labute approximate surface area is 111 Å². The van der Waals surface area contributed by atoms with Gasteiger partial charge in [-0.15, -0.1) is 0 Å². The highest BCUT2D eigenvalue weighted by Gasteiger charge is 2.10. The number of hydrogen-bond donors (Lipinski definition) is 1. The van der Waals surface area contributed by atoms with Crippen molar-refractivity contribution in [1.29, 1.82) is 0 Å². The van der Waals surface area contributed by atoms with Crippen LogP contribution in [0.1, 0.15) is 19.4 Å². The quantitative estimate of drug-likeness (QED) is 0.417. The molecule has 0 amide bonds. The van der Waals surface area contributed by atoms with Crippen LogP contribution >= 0.6 is 0 Å². The molecule has 1 heterocycles. The van der Waals surface area contributed by atoms with Crippen LogP contribution in [0.5, 0.6) is 0 Å². The molecule has 0 saturated heterocycles. The fourth-order valence-corrected chi connectivity index (χ4v) is 2.68. The van der Waals surface area contributed by atoms with E-state index >= 15 is 0 Å². The van der Waals surface area contributed by atoms with Gasteiger partial charge in [-0.25, -0.2) is 0 Å². The van der Waals surface area contributed by atoms with E-state index in [1.807, 2.05) is 6.07 Å². The molecule has 0 unspecified atom stereocenters. The summed E-state index contributed by atoms with van der Waals surface area (Å²) in [6, 6.07) is 14.6. The van der Waals surface area contributed by atoms with E-state index < -0.39 is 0 Å². The average Bonchev–Trinajstić information content (AvgIpc) is 2.79. The molecular formula is C16H16N2O. The molecule has 1 N–H and O–H groups in total. The van der Waals surface area contributed by atoms with Gasteiger partial charge >= 0.3 is 0 Å². The number of fused-ring (bicyclic) bond motifs is 3. The van der Waals surface area contributed by atoms with Crippen molar-refractivity contribution in [3.63, 3.8) is 0 Å². The number of aromatic nitrogens is 1. The fourth-order valence-electron chi connectivity index (χ4n) is 2.68. The summed E-state index contributed by atoms with van der Waals surface area (Å²) in [5.74, 6) is 0. The topological polar surface area (TPSA) is 37.5 Å². The first-order chi connectivity index (χ1) is 9.26. The molecule has 0 aliphatic heterocycles. The normalized spacial score (nSPS) is 12.4. The maximum atomic E-state index is 8.91. The van der Waals surface area contributed by atoms with E-state index in [4.69, 9.17) is 5.21 Å². The highest BCUT2D eigenvalue weighted by molar-refractivity contribution is 6.11. The van der Waals surface area contributed by atoms with Crippen LogP contribution in [0.25, 0.3) is 21.8 Å². The van der Waals surface area contributed by atoms with Crippen molar-refractivity contribution < 1.29 is 5.21 Å². The Morgan fingerprint density at radius 2 is 1.84 bits per heavy atom. The molecule has 0 fully saturated rings. The first kappa shape index (κ1) is 11.8. The molecule has 1 aromatic heterocycles. The van der Waals surface area contributed by atoms with Gasteiger partial charge in [0.15, 0.2) is 0 Å². The molecule has 0 saturated carbocycles. The van der Waals surface area contributed by atoms with Crippen LogP contribution in [0.2, 0.25) is 0 Å². The molecular weight excluding hydrogens is 236 g/mol. The first-order valence-corrected chi connectivity index (χ1v) is 6.46. The summed E-state index contributed by atoms with van der Waals surface area (Å²) in [5, 5.41) is 14.6. The van der Waals surface area contributed by atoms with Gasteiger partial charge in [0, 0.05) is 28.4 Å². The third kappa shape index (κ3) is 1.70. The van der Waals surface area contributed by atoms with Gasteiger partial charge in [0.2, 0.25) is 0 Å². The van der Waals surface area contributed by atoms with Crippen molar-refractivity contribution in [3.8, 4) is 0 Å². The lowest BCUT2D eigenvalue weighted by Gasteiger charge is -2.03. The zero-order valence-electron chi connectivity index (χ0n) is 11.1. The highest BCUT2D eigenvalue weighted by Crippen LogP contribution is 2.29. The zero-order chi connectivity index (χ0) is 13.4. The van der Waals surface area contributed by atoms with Crippen LogP contribution in [-0.4, -0.2) is 15.5 Å². The number of nitrogens with zero attached hydrogens (tertiary/aromatic N) is 2. The van der Waals surface area contributed by atoms with Gasteiger partial charge in [0.05, 0.1) is 5.71 Å². The van der Waals surface area contributed by atoms with E-state index in [2.05, 4.69) is 53.0 Å². The highest BCUT2D eigenvalue weighted by atomic mass is 16.4. The van der Waals surface area contributed by atoms with E-state index in [0.717, 1.165) is 12.1 Å². The van der Waals surface area contributed by atoms with Gasteiger partial charge in [0.25, 0.3) is 0 Å². The van der Waals surface area contributed by atoms with Gasteiger partial charge in [0.1, 0.15) is 0 Å². The summed E-state index contributed by atoms with van der Waals surface area (Å²) in [7, 11) is 0.